The summed E-state index contributed by atoms with van der Waals surface area (Å²) in [5.74, 6) is 1.37. The van der Waals surface area contributed by atoms with Gasteiger partial charge in [0.2, 0.25) is 0 Å². The molecule has 2 aliphatic rings. The smallest absolute Gasteiger partial charge is 0.195 e. The number of nitrogens with zero attached hydrogens (tertiary/aromatic N) is 5. The number of thiazole rings is 2. The van der Waals surface area contributed by atoms with E-state index < -0.39 is 0 Å². The first-order valence-electron chi connectivity index (χ1n) is 11.8. The van der Waals surface area contributed by atoms with Crippen LogP contribution in [-0.2, 0) is 6.42 Å². The summed E-state index contributed by atoms with van der Waals surface area (Å²) in [6.07, 6.45) is 7.61. The van der Waals surface area contributed by atoms with E-state index >= 15 is 0 Å². The van der Waals surface area contributed by atoms with Gasteiger partial charge in [0.05, 0.1) is 5.69 Å². The summed E-state index contributed by atoms with van der Waals surface area (Å²) in [4.78, 5) is 15.2. The van der Waals surface area contributed by atoms with Crippen molar-refractivity contribution in [1.29, 1.82) is 5.26 Å². The lowest BCUT2D eigenvalue weighted by molar-refractivity contribution is 0.464. The van der Waals surface area contributed by atoms with Gasteiger partial charge in [0, 0.05) is 22.7 Å². The molecule has 1 aromatic carbocycles. The zero-order valence-corrected chi connectivity index (χ0v) is 20.6. The molecular formula is C25H25FN6S2. The summed E-state index contributed by atoms with van der Waals surface area (Å²) >= 11 is 3.21. The summed E-state index contributed by atoms with van der Waals surface area (Å²) in [5, 5.41) is 14.1. The average Bonchev–Trinajstić information content (AvgIpc) is 3.33. The molecule has 1 aliphatic carbocycles. The molecule has 174 valence electrons. The van der Waals surface area contributed by atoms with E-state index in [1.807, 2.05) is 0 Å². The van der Waals surface area contributed by atoms with E-state index in [2.05, 4.69) is 33.8 Å². The first kappa shape index (κ1) is 21.7. The first-order valence-corrected chi connectivity index (χ1v) is 13.5. The van der Waals surface area contributed by atoms with Crippen LogP contribution in [0.4, 0.5) is 15.3 Å². The molecule has 6 rings (SSSR count). The normalized spacial score (nSPS) is 16.7. The van der Waals surface area contributed by atoms with Gasteiger partial charge in [-0.2, -0.15) is 5.26 Å². The molecule has 9 heteroatoms. The van der Waals surface area contributed by atoms with Crippen molar-refractivity contribution in [3.63, 3.8) is 0 Å². The number of nitriles is 1. The Morgan fingerprint density at radius 1 is 1.15 bits per heavy atom. The molecule has 4 heterocycles. The Hall–Kier alpha value is -2.80. The molecule has 1 saturated carbocycles. The molecule has 0 atom stereocenters. The zero-order valence-electron chi connectivity index (χ0n) is 18.9. The van der Waals surface area contributed by atoms with Gasteiger partial charge in [-0.15, -0.1) is 11.3 Å². The number of piperidine rings is 1. The predicted octanol–water partition coefficient (Wildman–Crippen LogP) is 5.86. The Bertz CT molecular complexity index is 1370. The summed E-state index contributed by atoms with van der Waals surface area (Å²) in [7, 11) is 0. The molecule has 1 saturated heterocycles. The molecule has 34 heavy (non-hydrogen) atoms. The van der Waals surface area contributed by atoms with Crippen LogP contribution in [0.2, 0.25) is 0 Å². The van der Waals surface area contributed by atoms with Crippen LogP contribution in [0.15, 0.2) is 30.5 Å². The number of anilines is 2. The lowest BCUT2D eigenvalue weighted by Gasteiger charge is -2.22. The second kappa shape index (κ2) is 8.77. The molecule has 0 radical (unpaired) electrons. The van der Waals surface area contributed by atoms with E-state index in [1.54, 1.807) is 23.5 Å². The molecule has 0 amide bonds. The van der Waals surface area contributed by atoms with Gasteiger partial charge in [0.25, 0.3) is 0 Å². The Morgan fingerprint density at radius 2 is 1.91 bits per heavy atom. The van der Waals surface area contributed by atoms with Crippen molar-refractivity contribution < 1.29 is 4.39 Å². The summed E-state index contributed by atoms with van der Waals surface area (Å²) in [6.45, 7) is 4.27. The number of aromatic nitrogens is 3. The van der Waals surface area contributed by atoms with Gasteiger partial charge < -0.3 is 5.32 Å². The summed E-state index contributed by atoms with van der Waals surface area (Å²) < 4.78 is 15.7. The average molecular weight is 493 g/mol. The van der Waals surface area contributed by atoms with E-state index in [0.29, 0.717) is 22.5 Å². The van der Waals surface area contributed by atoms with E-state index in [0.717, 1.165) is 72.4 Å². The van der Waals surface area contributed by atoms with E-state index in [4.69, 9.17) is 9.97 Å². The van der Waals surface area contributed by atoms with Crippen LogP contribution < -0.4 is 10.2 Å². The molecule has 1 aliphatic heterocycles. The van der Waals surface area contributed by atoms with Gasteiger partial charge in [-0.3, -0.25) is 9.30 Å². The van der Waals surface area contributed by atoms with Crippen LogP contribution in [0.25, 0.3) is 16.2 Å². The fourth-order valence-corrected chi connectivity index (χ4v) is 6.85. The van der Waals surface area contributed by atoms with Gasteiger partial charge in [0.15, 0.2) is 10.1 Å². The minimum atomic E-state index is -0.298. The quantitative estimate of drug-likeness (QED) is 0.365. The highest BCUT2D eigenvalue weighted by atomic mass is 32.1. The fraction of sp³-hybridized carbons (Fsp3) is 0.400. The van der Waals surface area contributed by atoms with Crippen molar-refractivity contribution in [2.75, 3.05) is 18.0 Å². The third-order valence-corrected chi connectivity index (χ3v) is 8.75. The van der Waals surface area contributed by atoms with Crippen molar-refractivity contribution in [1.82, 2.24) is 19.7 Å². The largest absolute Gasteiger partial charge is 0.317 e. The third-order valence-electron chi connectivity index (χ3n) is 6.65. The number of halogens is 1. The highest BCUT2D eigenvalue weighted by Crippen LogP contribution is 2.45. The lowest BCUT2D eigenvalue weighted by atomic mass is 9.97. The predicted molar refractivity (Wildman–Crippen MR) is 135 cm³/mol. The molecule has 2 fully saturated rings. The van der Waals surface area contributed by atoms with Gasteiger partial charge in [0.1, 0.15) is 28.3 Å². The highest BCUT2D eigenvalue weighted by molar-refractivity contribution is 7.17. The van der Waals surface area contributed by atoms with Crippen LogP contribution in [0.1, 0.15) is 54.0 Å². The number of aryl methyl sites for hydroxylation is 1. The maximum Gasteiger partial charge on any atom is 0.195 e. The second-order valence-electron chi connectivity index (χ2n) is 8.94. The summed E-state index contributed by atoms with van der Waals surface area (Å²) in [5.41, 5.74) is 2.44. The minimum Gasteiger partial charge on any atom is -0.317 e. The van der Waals surface area contributed by atoms with Crippen LogP contribution in [-0.4, -0.2) is 33.5 Å². The van der Waals surface area contributed by atoms with Gasteiger partial charge in [-0.05, 0) is 75.4 Å². The van der Waals surface area contributed by atoms with E-state index in [-0.39, 0.29) is 5.82 Å². The number of rotatable bonds is 6. The molecule has 0 bridgehead atoms. The van der Waals surface area contributed by atoms with Crippen LogP contribution >= 0.6 is 22.7 Å². The lowest BCUT2D eigenvalue weighted by Crippen LogP contribution is -2.26. The zero-order chi connectivity index (χ0) is 23.2. The van der Waals surface area contributed by atoms with Gasteiger partial charge in [-0.1, -0.05) is 18.3 Å². The topological polar surface area (TPSA) is 69.2 Å². The number of hydrogen-bond acceptors (Lipinski definition) is 7. The van der Waals surface area contributed by atoms with Crippen molar-refractivity contribution >= 4 is 38.6 Å². The Kier molecular flexibility index (Phi) is 5.60. The fourth-order valence-electron chi connectivity index (χ4n) is 4.73. The Balaban J connectivity index is 1.46. The minimum absolute atomic E-state index is 0.298. The maximum absolute atomic E-state index is 13.5. The van der Waals surface area contributed by atoms with Crippen molar-refractivity contribution in [2.24, 2.45) is 0 Å². The standard InChI is InChI=1S/C25H25FN6S2/c1-2-19-23(31-14-21(34-24(31)29-19)15-9-11-28-12-10-15)32(18-7-8-18)25-30-22(20(13-27)33-25)16-3-5-17(26)6-4-16/h3-6,14-15,18,28H,2,7-12H2,1H3. The summed E-state index contributed by atoms with van der Waals surface area (Å²) in [6, 6.07) is 8.87. The van der Waals surface area contributed by atoms with Crippen molar-refractivity contribution in [2.45, 2.75) is 51.0 Å². The molecule has 0 spiro atoms. The monoisotopic (exact) mass is 492 g/mol. The van der Waals surface area contributed by atoms with Gasteiger partial charge in [-0.25, -0.2) is 14.4 Å². The number of hydrogen-bond donors (Lipinski definition) is 1. The van der Waals surface area contributed by atoms with Crippen molar-refractivity contribution in [3.8, 4) is 17.3 Å². The number of fused-ring (bicyclic) bond motifs is 1. The SMILES string of the molecule is CCc1nc2sc(C3CCNCC3)cn2c1N(c1nc(-c2ccc(F)cc2)c(C#N)s1)C1CC1. The van der Waals surface area contributed by atoms with E-state index in [1.165, 1.54) is 28.3 Å². The molecule has 4 aromatic rings. The second-order valence-corrected chi connectivity index (χ2v) is 11.0. The molecule has 3 aromatic heterocycles. The van der Waals surface area contributed by atoms with Crippen LogP contribution in [0.5, 0.6) is 0 Å². The molecular weight excluding hydrogens is 467 g/mol. The van der Waals surface area contributed by atoms with Crippen LogP contribution in [0, 0.1) is 17.1 Å². The van der Waals surface area contributed by atoms with Gasteiger partial charge >= 0.3 is 0 Å². The van der Waals surface area contributed by atoms with Crippen molar-refractivity contribution in [3.05, 3.63) is 51.7 Å². The van der Waals surface area contributed by atoms with Crippen LogP contribution in [0.3, 0.4) is 0 Å². The molecule has 1 N–H and O–H groups in total. The maximum atomic E-state index is 13.5. The molecule has 6 nitrogen and oxygen atoms in total. The van der Waals surface area contributed by atoms with E-state index in [9.17, 15) is 9.65 Å². The molecule has 0 unspecified atom stereocenters. The third kappa shape index (κ3) is 3.80. The first-order chi connectivity index (χ1) is 16.7. The number of nitrogens with one attached hydrogen (secondary N) is 1. The highest BCUT2D eigenvalue weighted by Gasteiger charge is 2.37. The number of benzene rings is 1. The Morgan fingerprint density at radius 3 is 2.59 bits per heavy atom. The Labute approximate surface area is 205 Å². The number of imidazole rings is 1.